The zero-order chi connectivity index (χ0) is 8.06. The average Bonchev–Trinajstić information content (AvgIpc) is 2.59. The Bertz CT molecular complexity index is 152. The van der Waals surface area contributed by atoms with Gasteiger partial charge in [0.05, 0.1) is 0 Å². The molecule has 2 unspecified atom stereocenters. The lowest BCUT2D eigenvalue weighted by Crippen LogP contribution is -2.29. The van der Waals surface area contributed by atoms with Gasteiger partial charge < -0.3 is 5.11 Å². The first kappa shape index (κ1) is 7.60. The number of aliphatic hydroxyl groups is 1. The van der Waals surface area contributed by atoms with Crippen LogP contribution in [0.5, 0.6) is 0 Å². The van der Waals surface area contributed by atoms with Crippen LogP contribution in [0.2, 0.25) is 0 Å². The van der Waals surface area contributed by atoms with Gasteiger partial charge in [0.25, 0.3) is 0 Å². The minimum atomic E-state index is 0.313. The van der Waals surface area contributed by atoms with Crippen LogP contribution in [0.3, 0.4) is 0 Å². The van der Waals surface area contributed by atoms with Crippen LogP contribution in [0.4, 0.5) is 0 Å². The van der Waals surface area contributed by atoms with E-state index < -0.39 is 0 Å². The molecular weight excluding hydrogens is 136 g/mol. The van der Waals surface area contributed by atoms with Crippen molar-refractivity contribution in [2.75, 3.05) is 6.61 Å². The first-order valence-electron chi connectivity index (χ1n) is 4.79. The molecule has 1 heteroatoms. The van der Waals surface area contributed by atoms with Gasteiger partial charge in [-0.25, -0.2) is 0 Å². The Morgan fingerprint density at radius 1 is 1.36 bits per heavy atom. The molecule has 1 N–H and O–H groups in total. The number of hydrogen-bond donors (Lipinski definition) is 1. The van der Waals surface area contributed by atoms with Crippen LogP contribution >= 0.6 is 0 Å². The maximum Gasteiger partial charge on any atom is 0.0490 e. The van der Waals surface area contributed by atoms with Crippen molar-refractivity contribution < 1.29 is 5.11 Å². The zero-order valence-electron chi connectivity index (χ0n) is 7.51. The van der Waals surface area contributed by atoms with Gasteiger partial charge in [0, 0.05) is 6.61 Å². The van der Waals surface area contributed by atoms with E-state index in [0.29, 0.717) is 17.9 Å². The highest BCUT2D eigenvalue weighted by Crippen LogP contribution is 2.61. The lowest BCUT2D eigenvalue weighted by molar-refractivity contribution is 0.0700. The molecule has 0 heterocycles. The summed E-state index contributed by atoms with van der Waals surface area (Å²) < 4.78 is 0. The minimum Gasteiger partial charge on any atom is -0.396 e. The molecule has 2 rings (SSSR count). The van der Waals surface area contributed by atoms with Crippen LogP contribution in [-0.4, -0.2) is 11.7 Å². The van der Waals surface area contributed by atoms with Crippen molar-refractivity contribution in [3.63, 3.8) is 0 Å². The van der Waals surface area contributed by atoms with Crippen molar-refractivity contribution in [3.05, 3.63) is 0 Å². The molecule has 0 bridgehead atoms. The molecule has 1 nitrogen and oxygen atoms in total. The molecule has 2 fully saturated rings. The molecule has 0 aromatic heterocycles. The van der Waals surface area contributed by atoms with Gasteiger partial charge >= 0.3 is 0 Å². The topological polar surface area (TPSA) is 20.2 Å². The van der Waals surface area contributed by atoms with Crippen molar-refractivity contribution in [1.82, 2.24) is 0 Å². The maximum absolute atomic E-state index is 9.33. The van der Waals surface area contributed by atoms with Crippen molar-refractivity contribution in [1.29, 1.82) is 0 Å². The summed E-state index contributed by atoms with van der Waals surface area (Å²) in [7, 11) is 0. The van der Waals surface area contributed by atoms with Gasteiger partial charge in [-0.05, 0) is 42.4 Å². The second-order valence-corrected chi connectivity index (χ2v) is 4.84. The SMILES string of the molecule is CC(C)C1(CO)CC2CC2C1. The van der Waals surface area contributed by atoms with E-state index in [9.17, 15) is 5.11 Å². The molecule has 0 radical (unpaired) electrons. The van der Waals surface area contributed by atoms with Crippen LogP contribution in [0.1, 0.15) is 33.1 Å². The molecule has 2 saturated carbocycles. The number of aliphatic hydroxyl groups excluding tert-OH is 1. The quantitative estimate of drug-likeness (QED) is 0.645. The van der Waals surface area contributed by atoms with Crippen molar-refractivity contribution in [2.24, 2.45) is 23.2 Å². The van der Waals surface area contributed by atoms with Crippen molar-refractivity contribution in [3.8, 4) is 0 Å². The van der Waals surface area contributed by atoms with Gasteiger partial charge in [-0.3, -0.25) is 0 Å². The lowest BCUT2D eigenvalue weighted by Gasteiger charge is -2.32. The monoisotopic (exact) mass is 154 g/mol. The predicted molar refractivity (Wildman–Crippen MR) is 45.2 cm³/mol. The Morgan fingerprint density at radius 3 is 2.18 bits per heavy atom. The van der Waals surface area contributed by atoms with Gasteiger partial charge in [0.1, 0.15) is 0 Å². The molecule has 0 amide bonds. The van der Waals surface area contributed by atoms with Gasteiger partial charge in [0.15, 0.2) is 0 Å². The Morgan fingerprint density at radius 2 is 1.91 bits per heavy atom. The average molecular weight is 154 g/mol. The van der Waals surface area contributed by atoms with Crippen molar-refractivity contribution in [2.45, 2.75) is 33.1 Å². The normalized spacial score (nSPS) is 48.0. The first-order valence-corrected chi connectivity index (χ1v) is 4.79. The van der Waals surface area contributed by atoms with E-state index in [1.807, 2.05) is 0 Å². The first-order chi connectivity index (χ1) is 5.18. The smallest absolute Gasteiger partial charge is 0.0490 e. The summed E-state index contributed by atoms with van der Waals surface area (Å²) in [6, 6.07) is 0. The van der Waals surface area contributed by atoms with Crippen LogP contribution in [0.25, 0.3) is 0 Å². The summed E-state index contributed by atoms with van der Waals surface area (Å²) in [6.07, 6.45) is 4.05. The van der Waals surface area contributed by atoms with Crippen molar-refractivity contribution >= 4 is 0 Å². The van der Waals surface area contributed by atoms with Gasteiger partial charge in [-0.2, -0.15) is 0 Å². The second-order valence-electron chi connectivity index (χ2n) is 4.84. The number of fused-ring (bicyclic) bond motifs is 1. The summed E-state index contributed by atoms with van der Waals surface area (Å²) in [5, 5.41) is 9.33. The van der Waals surface area contributed by atoms with Crippen LogP contribution < -0.4 is 0 Å². The van der Waals surface area contributed by atoms with E-state index in [1.54, 1.807) is 0 Å². The number of hydrogen-bond acceptors (Lipinski definition) is 1. The summed E-state index contributed by atoms with van der Waals surface area (Å²) in [5.74, 6) is 2.65. The van der Waals surface area contributed by atoms with Crippen LogP contribution in [0, 0.1) is 23.2 Å². The van der Waals surface area contributed by atoms with E-state index in [4.69, 9.17) is 0 Å². The molecule has 2 atom stereocenters. The van der Waals surface area contributed by atoms with Crippen LogP contribution in [0.15, 0.2) is 0 Å². The van der Waals surface area contributed by atoms with E-state index in [0.717, 1.165) is 11.8 Å². The Labute approximate surface area is 68.8 Å². The second kappa shape index (κ2) is 2.22. The fourth-order valence-electron chi connectivity index (χ4n) is 2.72. The Kier molecular flexibility index (Phi) is 1.54. The predicted octanol–water partition coefficient (Wildman–Crippen LogP) is 2.05. The van der Waals surface area contributed by atoms with Gasteiger partial charge in [-0.1, -0.05) is 13.8 Å². The maximum atomic E-state index is 9.33. The molecule has 0 aromatic carbocycles. The summed E-state index contributed by atoms with van der Waals surface area (Å²) >= 11 is 0. The fraction of sp³-hybridized carbons (Fsp3) is 1.00. The van der Waals surface area contributed by atoms with E-state index in [-0.39, 0.29) is 0 Å². The lowest BCUT2D eigenvalue weighted by atomic mass is 9.74. The Balaban J connectivity index is 2.07. The third-order valence-corrected chi connectivity index (χ3v) is 3.95. The molecule has 11 heavy (non-hydrogen) atoms. The summed E-state index contributed by atoms with van der Waals surface area (Å²) in [5.41, 5.74) is 0.313. The molecule has 2 aliphatic rings. The highest BCUT2D eigenvalue weighted by molar-refractivity contribution is 5.04. The minimum absolute atomic E-state index is 0.313. The summed E-state index contributed by atoms with van der Waals surface area (Å²) in [4.78, 5) is 0. The number of rotatable bonds is 2. The molecular formula is C10H18O. The molecule has 0 saturated heterocycles. The van der Waals surface area contributed by atoms with E-state index in [1.165, 1.54) is 19.3 Å². The van der Waals surface area contributed by atoms with E-state index >= 15 is 0 Å². The Hall–Kier alpha value is -0.0400. The highest BCUT2D eigenvalue weighted by Gasteiger charge is 2.54. The van der Waals surface area contributed by atoms with Crippen LogP contribution in [-0.2, 0) is 0 Å². The molecule has 0 aliphatic heterocycles. The fourth-order valence-corrected chi connectivity index (χ4v) is 2.72. The third kappa shape index (κ3) is 1.01. The molecule has 64 valence electrons. The van der Waals surface area contributed by atoms with E-state index in [2.05, 4.69) is 13.8 Å². The zero-order valence-corrected chi connectivity index (χ0v) is 7.51. The molecule has 0 spiro atoms. The largest absolute Gasteiger partial charge is 0.396 e. The highest BCUT2D eigenvalue weighted by atomic mass is 16.3. The molecule has 0 aromatic rings. The van der Waals surface area contributed by atoms with Gasteiger partial charge in [0.2, 0.25) is 0 Å². The summed E-state index contributed by atoms with van der Waals surface area (Å²) in [6.45, 7) is 4.92. The third-order valence-electron chi connectivity index (χ3n) is 3.95. The molecule has 2 aliphatic carbocycles. The van der Waals surface area contributed by atoms with Gasteiger partial charge in [-0.15, -0.1) is 0 Å². The standard InChI is InChI=1S/C10H18O/c1-7(2)10(6-11)4-8-3-9(8)5-10/h7-9,11H,3-6H2,1-2H3.